The van der Waals surface area contributed by atoms with E-state index in [0.29, 0.717) is 5.56 Å². The highest BCUT2D eigenvalue weighted by molar-refractivity contribution is 7.89. The van der Waals surface area contributed by atoms with Crippen LogP contribution < -0.4 is 4.72 Å². The Hall–Kier alpha value is -1.87. The van der Waals surface area contributed by atoms with Gasteiger partial charge in [0.2, 0.25) is 10.0 Å². The van der Waals surface area contributed by atoms with E-state index >= 15 is 0 Å². The van der Waals surface area contributed by atoms with Gasteiger partial charge in [0.25, 0.3) is 0 Å². The summed E-state index contributed by atoms with van der Waals surface area (Å²) in [7, 11) is -1.14. The van der Waals surface area contributed by atoms with E-state index in [0.717, 1.165) is 0 Å². The van der Waals surface area contributed by atoms with Crippen molar-refractivity contribution in [3.63, 3.8) is 0 Å². The first kappa shape index (κ1) is 16.5. The van der Waals surface area contributed by atoms with Crippen molar-refractivity contribution < 1.29 is 27.5 Å². The maximum absolute atomic E-state index is 12.4. The van der Waals surface area contributed by atoms with Gasteiger partial charge < -0.3 is 14.0 Å². The molecule has 0 saturated carbocycles. The summed E-state index contributed by atoms with van der Waals surface area (Å²) in [6.45, 7) is 1.86. The molecular formula is C13H18N2O6S. The van der Waals surface area contributed by atoms with E-state index in [2.05, 4.69) is 9.46 Å². The molecule has 0 bridgehead atoms. The van der Waals surface area contributed by atoms with Gasteiger partial charge in [-0.15, -0.1) is 0 Å². The second-order valence-electron chi connectivity index (χ2n) is 4.89. The van der Waals surface area contributed by atoms with Crippen molar-refractivity contribution in [1.29, 1.82) is 0 Å². The zero-order valence-electron chi connectivity index (χ0n) is 12.6. The topological polar surface area (TPSA) is 104 Å². The second kappa shape index (κ2) is 6.09. The Bertz CT molecular complexity index is 706. The van der Waals surface area contributed by atoms with Crippen LogP contribution in [0.4, 0.5) is 0 Å². The predicted molar refractivity (Wildman–Crippen MR) is 75.8 cm³/mol. The lowest BCUT2D eigenvalue weighted by atomic mass is 10.1. The summed E-state index contributed by atoms with van der Waals surface area (Å²) in [6.07, 6.45) is 1.80. The summed E-state index contributed by atoms with van der Waals surface area (Å²) in [5.41, 5.74) is 0.549. The molecule has 2 rings (SSSR count). The highest BCUT2D eigenvalue weighted by Crippen LogP contribution is 2.27. The van der Waals surface area contributed by atoms with Crippen LogP contribution in [0.5, 0.6) is 0 Å². The van der Waals surface area contributed by atoms with Crippen molar-refractivity contribution in [1.82, 2.24) is 9.29 Å². The number of sulfonamides is 1. The number of carbonyl (C=O) groups is 2. The third-order valence-corrected chi connectivity index (χ3v) is 5.00. The normalized spacial score (nSPS) is 19.9. The average Bonchev–Trinajstić information content (AvgIpc) is 2.74. The molecule has 9 heteroatoms. The smallest absolute Gasteiger partial charge is 0.355 e. The number of fused-ring (bicyclic) bond motifs is 1. The van der Waals surface area contributed by atoms with Gasteiger partial charge in [-0.3, -0.25) is 4.79 Å². The minimum atomic E-state index is -3.91. The zero-order chi connectivity index (χ0) is 16.5. The Morgan fingerprint density at radius 3 is 2.73 bits per heavy atom. The Labute approximate surface area is 128 Å². The monoisotopic (exact) mass is 330 g/mol. The molecule has 1 N–H and O–H groups in total. The number of hydrogen-bond donors (Lipinski definition) is 1. The number of carbonyl (C=O) groups excluding carboxylic acids is 2. The summed E-state index contributed by atoms with van der Waals surface area (Å²) < 4.78 is 38.1. The molecule has 1 aliphatic rings. The van der Waals surface area contributed by atoms with Crippen LogP contribution in [0.1, 0.15) is 29.4 Å². The number of ether oxygens (including phenoxy) is 2. The first-order valence-electron chi connectivity index (χ1n) is 6.77. The summed E-state index contributed by atoms with van der Waals surface area (Å²) in [6, 6.07) is -0.970. The van der Waals surface area contributed by atoms with Crippen LogP contribution in [0.3, 0.4) is 0 Å². The van der Waals surface area contributed by atoms with Crippen LogP contribution in [-0.2, 0) is 37.8 Å². The van der Waals surface area contributed by atoms with Gasteiger partial charge in [0.05, 0.1) is 13.7 Å². The predicted octanol–water partition coefficient (Wildman–Crippen LogP) is -0.0321. The van der Waals surface area contributed by atoms with Crippen LogP contribution in [-0.4, -0.2) is 44.7 Å². The van der Waals surface area contributed by atoms with Crippen molar-refractivity contribution in [2.75, 3.05) is 13.7 Å². The van der Waals surface area contributed by atoms with Gasteiger partial charge >= 0.3 is 11.9 Å². The van der Waals surface area contributed by atoms with Gasteiger partial charge in [0.1, 0.15) is 16.6 Å². The highest BCUT2D eigenvalue weighted by atomic mass is 32.2. The van der Waals surface area contributed by atoms with E-state index in [1.165, 1.54) is 17.9 Å². The number of aryl methyl sites for hydroxylation is 1. The van der Waals surface area contributed by atoms with Crippen molar-refractivity contribution in [2.24, 2.45) is 7.05 Å². The summed E-state index contributed by atoms with van der Waals surface area (Å²) in [5.74, 6) is -1.24. The molecule has 0 amide bonds. The van der Waals surface area contributed by atoms with E-state index < -0.39 is 28.0 Å². The number of nitrogens with zero attached hydrogens (tertiary/aromatic N) is 1. The van der Waals surface area contributed by atoms with Crippen molar-refractivity contribution in [3.8, 4) is 0 Å². The molecule has 1 aromatic rings. The third-order valence-electron chi connectivity index (χ3n) is 3.47. The van der Waals surface area contributed by atoms with Gasteiger partial charge in [-0.1, -0.05) is 0 Å². The molecule has 0 saturated heterocycles. The fraction of sp³-hybridized carbons (Fsp3) is 0.538. The first-order valence-corrected chi connectivity index (χ1v) is 8.25. The zero-order valence-corrected chi connectivity index (χ0v) is 13.4. The maximum Gasteiger partial charge on any atom is 0.355 e. The van der Waals surface area contributed by atoms with Crippen molar-refractivity contribution in [3.05, 3.63) is 17.5 Å². The molecule has 0 radical (unpaired) electrons. The molecule has 122 valence electrons. The molecule has 0 aliphatic carbocycles. The highest BCUT2D eigenvalue weighted by Gasteiger charge is 2.35. The fourth-order valence-corrected chi connectivity index (χ4v) is 4.03. The van der Waals surface area contributed by atoms with E-state index in [1.54, 1.807) is 14.0 Å². The van der Waals surface area contributed by atoms with Gasteiger partial charge in [-0.05, 0) is 19.8 Å². The van der Waals surface area contributed by atoms with Gasteiger partial charge in [-0.25, -0.2) is 13.2 Å². The molecule has 8 nitrogen and oxygen atoms in total. The van der Waals surface area contributed by atoms with Crippen LogP contribution in [0.25, 0.3) is 0 Å². The number of hydrogen-bond acceptors (Lipinski definition) is 6. The number of esters is 2. The lowest BCUT2D eigenvalue weighted by molar-refractivity contribution is -0.142. The average molecular weight is 330 g/mol. The molecule has 0 fully saturated rings. The van der Waals surface area contributed by atoms with Crippen LogP contribution >= 0.6 is 0 Å². The van der Waals surface area contributed by atoms with Crippen molar-refractivity contribution in [2.45, 2.75) is 30.7 Å². The van der Waals surface area contributed by atoms with Crippen LogP contribution in [0.2, 0.25) is 0 Å². The molecule has 1 aromatic heterocycles. The number of rotatable bonds is 3. The summed E-state index contributed by atoms with van der Waals surface area (Å²) in [4.78, 5) is 23.7. The summed E-state index contributed by atoms with van der Waals surface area (Å²) >= 11 is 0. The quantitative estimate of drug-likeness (QED) is 0.781. The molecule has 1 atom stereocenters. The van der Waals surface area contributed by atoms with Crippen molar-refractivity contribution >= 4 is 22.0 Å². The lowest BCUT2D eigenvalue weighted by Gasteiger charge is -2.12. The maximum atomic E-state index is 12.4. The van der Waals surface area contributed by atoms with Crippen LogP contribution in [0.15, 0.2) is 11.1 Å². The van der Waals surface area contributed by atoms with Crippen LogP contribution in [0, 0.1) is 0 Å². The molecule has 1 aliphatic heterocycles. The first-order chi connectivity index (χ1) is 10.3. The van der Waals surface area contributed by atoms with E-state index in [1.807, 2.05) is 0 Å². The minimum absolute atomic E-state index is 0.00976. The standard InChI is InChI=1S/C13H18N2O6S/c1-4-21-13(17)11-8-5-6-9(12(16)20-3)14-22(18,19)10(8)7-15(11)2/h7,9,14H,4-6H2,1-3H3. The Balaban J connectivity index is 2.49. The van der Waals surface area contributed by atoms with Gasteiger partial charge in [0, 0.05) is 18.8 Å². The Morgan fingerprint density at radius 2 is 2.14 bits per heavy atom. The van der Waals surface area contributed by atoms with E-state index in [4.69, 9.17) is 4.74 Å². The minimum Gasteiger partial charge on any atom is -0.468 e. The number of methoxy groups -OCH3 is 1. The third kappa shape index (κ3) is 2.86. The molecule has 22 heavy (non-hydrogen) atoms. The van der Waals surface area contributed by atoms with E-state index in [-0.39, 0.29) is 30.0 Å². The largest absolute Gasteiger partial charge is 0.468 e. The summed E-state index contributed by atoms with van der Waals surface area (Å²) in [5, 5.41) is 0. The van der Waals surface area contributed by atoms with Gasteiger partial charge in [-0.2, -0.15) is 4.72 Å². The molecule has 0 spiro atoms. The van der Waals surface area contributed by atoms with E-state index in [9.17, 15) is 18.0 Å². The van der Waals surface area contributed by atoms with Gasteiger partial charge in [0.15, 0.2) is 0 Å². The molecule has 1 unspecified atom stereocenters. The number of nitrogens with one attached hydrogen (secondary N) is 1. The lowest BCUT2D eigenvalue weighted by Crippen LogP contribution is -2.40. The SMILES string of the molecule is CCOC(=O)c1c2c(cn1C)S(=O)(=O)NC(C(=O)OC)CC2. The Morgan fingerprint density at radius 1 is 1.45 bits per heavy atom. The Kier molecular flexibility index (Phi) is 4.57. The molecule has 2 heterocycles. The second-order valence-corrected chi connectivity index (χ2v) is 6.57. The fourth-order valence-electron chi connectivity index (χ4n) is 2.49. The molecule has 0 aromatic carbocycles. The molecular weight excluding hydrogens is 312 g/mol. The number of aromatic nitrogens is 1.